The van der Waals surface area contributed by atoms with Crippen LogP contribution in [-0.2, 0) is 17.6 Å². The van der Waals surface area contributed by atoms with Crippen molar-refractivity contribution in [3.63, 3.8) is 0 Å². The molecule has 102 valence electrons. The van der Waals surface area contributed by atoms with E-state index < -0.39 is 0 Å². The highest BCUT2D eigenvalue weighted by Gasteiger charge is 2.13. The van der Waals surface area contributed by atoms with E-state index in [1.54, 1.807) is 7.11 Å². The summed E-state index contributed by atoms with van der Waals surface area (Å²) in [6.45, 7) is 5.27. The third-order valence-electron chi connectivity index (χ3n) is 2.66. The summed E-state index contributed by atoms with van der Waals surface area (Å²) in [5, 5.41) is 8.27. The van der Waals surface area contributed by atoms with Gasteiger partial charge in [0.15, 0.2) is 0 Å². The molecule has 0 amide bonds. The number of methoxy groups -OCH3 is 1. The number of rotatable bonds is 7. The molecule has 0 radical (unpaired) electrons. The van der Waals surface area contributed by atoms with E-state index in [0.29, 0.717) is 19.1 Å². The molecule has 0 fully saturated rings. The van der Waals surface area contributed by atoms with Crippen molar-refractivity contribution >= 4 is 17.5 Å². The zero-order valence-corrected chi connectivity index (χ0v) is 12.2. The number of ether oxygens (including phenoxy) is 1. The van der Waals surface area contributed by atoms with Gasteiger partial charge in [-0.25, -0.2) is 4.98 Å². The average Bonchev–Trinajstić information content (AvgIpc) is 2.38. The van der Waals surface area contributed by atoms with Crippen LogP contribution in [0.3, 0.4) is 0 Å². The molecule has 0 aliphatic heterocycles. The summed E-state index contributed by atoms with van der Waals surface area (Å²) >= 11 is 6.12. The van der Waals surface area contributed by atoms with Crippen molar-refractivity contribution in [3.8, 4) is 0 Å². The van der Waals surface area contributed by atoms with E-state index in [1.807, 2.05) is 11.9 Å². The zero-order chi connectivity index (χ0) is 13.5. The second-order valence-corrected chi connectivity index (χ2v) is 4.76. The standard InChI is InChI=1S/C12H21ClN4O/c1-5-10-11(6-2)15-16-12(14-10)17(3)7-9(13)8-18-4/h9H,5-8H2,1-4H3. The zero-order valence-electron chi connectivity index (χ0n) is 11.5. The summed E-state index contributed by atoms with van der Waals surface area (Å²) in [7, 11) is 3.55. The molecule has 0 bridgehead atoms. The first-order valence-corrected chi connectivity index (χ1v) is 6.62. The van der Waals surface area contributed by atoms with Crippen molar-refractivity contribution < 1.29 is 4.74 Å². The lowest BCUT2D eigenvalue weighted by molar-refractivity contribution is 0.199. The van der Waals surface area contributed by atoms with Crippen LogP contribution in [0.1, 0.15) is 25.2 Å². The summed E-state index contributed by atoms with van der Waals surface area (Å²) < 4.78 is 5.01. The number of halogens is 1. The number of alkyl halides is 1. The van der Waals surface area contributed by atoms with Gasteiger partial charge in [0.25, 0.3) is 0 Å². The lowest BCUT2D eigenvalue weighted by Crippen LogP contribution is -2.30. The molecule has 1 unspecified atom stereocenters. The Morgan fingerprint density at radius 1 is 1.22 bits per heavy atom. The van der Waals surface area contributed by atoms with Crippen molar-refractivity contribution in [1.82, 2.24) is 15.2 Å². The lowest BCUT2D eigenvalue weighted by Gasteiger charge is -2.20. The third kappa shape index (κ3) is 4.07. The van der Waals surface area contributed by atoms with Gasteiger partial charge >= 0.3 is 0 Å². The lowest BCUT2D eigenvalue weighted by atomic mass is 10.2. The van der Waals surface area contributed by atoms with Gasteiger partial charge in [-0.2, -0.15) is 5.10 Å². The minimum atomic E-state index is -0.0838. The average molecular weight is 273 g/mol. The fourth-order valence-corrected chi connectivity index (χ4v) is 2.04. The number of aryl methyl sites for hydroxylation is 2. The van der Waals surface area contributed by atoms with Crippen molar-refractivity contribution in [2.24, 2.45) is 0 Å². The van der Waals surface area contributed by atoms with Crippen molar-refractivity contribution in [1.29, 1.82) is 0 Å². The van der Waals surface area contributed by atoms with Crippen LogP contribution >= 0.6 is 11.6 Å². The third-order valence-corrected chi connectivity index (χ3v) is 2.92. The van der Waals surface area contributed by atoms with E-state index in [9.17, 15) is 0 Å². The van der Waals surface area contributed by atoms with Gasteiger partial charge in [0.1, 0.15) is 0 Å². The van der Waals surface area contributed by atoms with Crippen LogP contribution in [0.15, 0.2) is 0 Å². The summed E-state index contributed by atoms with van der Waals surface area (Å²) in [5.41, 5.74) is 1.97. The maximum atomic E-state index is 6.12. The van der Waals surface area contributed by atoms with Crippen LogP contribution in [0.2, 0.25) is 0 Å². The molecule has 18 heavy (non-hydrogen) atoms. The topological polar surface area (TPSA) is 51.1 Å². The molecule has 0 saturated heterocycles. The summed E-state index contributed by atoms with van der Waals surface area (Å²) in [6, 6.07) is 0. The normalized spacial score (nSPS) is 12.5. The van der Waals surface area contributed by atoms with Crippen LogP contribution < -0.4 is 4.90 Å². The molecular weight excluding hydrogens is 252 g/mol. The number of hydrogen-bond donors (Lipinski definition) is 0. The van der Waals surface area contributed by atoms with Crippen LogP contribution in [0.5, 0.6) is 0 Å². The Kier molecular flexibility index (Phi) is 6.29. The molecule has 1 heterocycles. The molecule has 0 aliphatic carbocycles. The van der Waals surface area contributed by atoms with Crippen LogP contribution in [-0.4, -0.2) is 47.9 Å². The van der Waals surface area contributed by atoms with E-state index in [1.165, 1.54) is 0 Å². The van der Waals surface area contributed by atoms with Gasteiger partial charge in [0.05, 0.1) is 23.4 Å². The Bertz CT molecular complexity index is 375. The minimum Gasteiger partial charge on any atom is -0.383 e. The molecular formula is C12H21ClN4O. The maximum absolute atomic E-state index is 6.12. The van der Waals surface area contributed by atoms with Crippen molar-refractivity contribution in [2.45, 2.75) is 32.1 Å². The Hall–Kier alpha value is -0.940. The predicted octanol–water partition coefficient (Wildman–Crippen LogP) is 1.69. The van der Waals surface area contributed by atoms with Gasteiger partial charge in [-0.15, -0.1) is 16.7 Å². The maximum Gasteiger partial charge on any atom is 0.245 e. The molecule has 0 aliphatic rings. The van der Waals surface area contributed by atoms with E-state index in [2.05, 4.69) is 29.0 Å². The molecule has 1 aromatic heterocycles. The van der Waals surface area contributed by atoms with Crippen LogP contribution in [0.25, 0.3) is 0 Å². The Morgan fingerprint density at radius 3 is 2.44 bits per heavy atom. The molecule has 0 spiro atoms. The molecule has 1 rings (SSSR count). The summed E-state index contributed by atoms with van der Waals surface area (Å²) in [5.74, 6) is 0.616. The number of nitrogens with zero attached hydrogens (tertiary/aromatic N) is 4. The van der Waals surface area contributed by atoms with Gasteiger partial charge < -0.3 is 9.64 Å². The Morgan fingerprint density at radius 2 is 1.89 bits per heavy atom. The molecule has 1 atom stereocenters. The van der Waals surface area contributed by atoms with E-state index in [4.69, 9.17) is 16.3 Å². The van der Waals surface area contributed by atoms with E-state index in [0.717, 1.165) is 24.2 Å². The van der Waals surface area contributed by atoms with Gasteiger partial charge in [0.2, 0.25) is 5.95 Å². The second kappa shape index (κ2) is 7.48. The SMILES string of the molecule is CCc1nnc(N(C)CC(Cl)COC)nc1CC. The predicted molar refractivity (Wildman–Crippen MR) is 73.4 cm³/mol. The van der Waals surface area contributed by atoms with Crippen molar-refractivity contribution in [3.05, 3.63) is 11.4 Å². The highest BCUT2D eigenvalue weighted by molar-refractivity contribution is 6.21. The highest BCUT2D eigenvalue weighted by Crippen LogP contribution is 2.11. The smallest absolute Gasteiger partial charge is 0.245 e. The molecule has 0 N–H and O–H groups in total. The van der Waals surface area contributed by atoms with Crippen LogP contribution in [0, 0.1) is 0 Å². The Labute approximate surface area is 114 Å². The van der Waals surface area contributed by atoms with Gasteiger partial charge in [-0.1, -0.05) is 13.8 Å². The van der Waals surface area contributed by atoms with Gasteiger partial charge in [-0.3, -0.25) is 0 Å². The number of hydrogen-bond acceptors (Lipinski definition) is 5. The fourth-order valence-electron chi connectivity index (χ4n) is 1.70. The number of aromatic nitrogens is 3. The highest BCUT2D eigenvalue weighted by atomic mass is 35.5. The Balaban J connectivity index is 2.76. The van der Waals surface area contributed by atoms with Gasteiger partial charge in [-0.05, 0) is 12.8 Å². The minimum absolute atomic E-state index is 0.0838. The first-order chi connectivity index (χ1) is 8.62. The van der Waals surface area contributed by atoms with Crippen molar-refractivity contribution in [2.75, 3.05) is 32.2 Å². The monoisotopic (exact) mass is 272 g/mol. The molecule has 5 nitrogen and oxygen atoms in total. The molecule has 0 aromatic carbocycles. The molecule has 1 aromatic rings. The largest absolute Gasteiger partial charge is 0.383 e. The summed E-state index contributed by atoms with van der Waals surface area (Å²) in [6.07, 6.45) is 1.72. The van der Waals surface area contributed by atoms with Gasteiger partial charge in [0, 0.05) is 20.7 Å². The van der Waals surface area contributed by atoms with Crippen LogP contribution in [0.4, 0.5) is 5.95 Å². The molecule has 0 saturated carbocycles. The van der Waals surface area contributed by atoms with E-state index >= 15 is 0 Å². The fraction of sp³-hybridized carbons (Fsp3) is 0.750. The quantitative estimate of drug-likeness (QED) is 0.707. The first-order valence-electron chi connectivity index (χ1n) is 6.18. The summed E-state index contributed by atoms with van der Waals surface area (Å²) in [4.78, 5) is 6.43. The number of anilines is 1. The first kappa shape index (κ1) is 15.1. The second-order valence-electron chi connectivity index (χ2n) is 4.15. The van der Waals surface area contributed by atoms with E-state index in [-0.39, 0.29) is 5.38 Å². The molecule has 6 heteroatoms.